The summed E-state index contributed by atoms with van der Waals surface area (Å²) in [6.45, 7) is 10.5. The van der Waals surface area contributed by atoms with Gasteiger partial charge in [-0.2, -0.15) is 6.07 Å². The molecule has 4 aromatic carbocycles. The van der Waals surface area contributed by atoms with Crippen molar-refractivity contribution in [2.75, 3.05) is 19.6 Å². The Hall–Kier alpha value is -4.54. The van der Waals surface area contributed by atoms with E-state index in [0.29, 0.717) is 67.3 Å². The smallest absolute Gasteiger partial charge is 0.489 e. The van der Waals surface area contributed by atoms with Crippen molar-refractivity contribution in [3.8, 4) is 17.2 Å². The molecular formula is C60H82BF12NO3. The predicted octanol–water partition coefficient (Wildman–Crippen LogP) is 20.2. The highest BCUT2D eigenvalue weighted by molar-refractivity contribution is 6.39. The predicted molar refractivity (Wildman–Crippen MR) is 281 cm³/mol. The lowest BCUT2D eigenvalue weighted by Crippen LogP contribution is -2.53. The van der Waals surface area contributed by atoms with E-state index in [1.54, 1.807) is 0 Å². The molecule has 0 heterocycles. The highest BCUT2D eigenvalue weighted by Gasteiger charge is 2.43. The van der Waals surface area contributed by atoms with Gasteiger partial charge in [-0.1, -0.05) is 156 Å². The first-order valence-electron chi connectivity index (χ1n) is 28.4. The van der Waals surface area contributed by atoms with Crippen LogP contribution in [0.2, 0.25) is 0 Å². The Bertz CT molecular complexity index is 2120. The van der Waals surface area contributed by atoms with Gasteiger partial charge in [0.2, 0.25) is 0 Å². The number of hydrogen-bond donors (Lipinski definition) is 0. The molecule has 1 unspecified atom stereocenters. The second-order valence-corrected chi connectivity index (χ2v) is 20.2. The van der Waals surface area contributed by atoms with Crippen LogP contribution in [0, 0.1) is 75.9 Å². The van der Waals surface area contributed by atoms with E-state index in [0.717, 1.165) is 166 Å². The third-order valence-electron chi connectivity index (χ3n) is 14.1. The lowest BCUT2D eigenvalue weighted by molar-refractivity contribution is -0.958. The SMILES string of the molecule is CCCCCCCCCCCC(c1c(OB(Oc2cc(F)c(F)c(F)c2)Oc2cc(F)c(F)c(F)c2)cc(F)c(F)c1F)[N+](CCCCCCCC)(CCCCCCCC)CCCCCCCC.Fc1c[c-]cc(F)c1F. The molecule has 4 rings (SSSR count). The average Bonchev–Trinajstić information content (AvgIpc) is 3.42. The van der Waals surface area contributed by atoms with E-state index in [1.165, 1.54) is 12.8 Å². The van der Waals surface area contributed by atoms with Crippen molar-refractivity contribution >= 4 is 7.32 Å². The van der Waals surface area contributed by atoms with Gasteiger partial charge in [0.05, 0.1) is 31.0 Å². The summed E-state index contributed by atoms with van der Waals surface area (Å²) in [6, 6.07) is 5.23. The normalized spacial score (nSPS) is 11.9. The van der Waals surface area contributed by atoms with Crippen LogP contribution in [0.5, 0.6) is 17.2 Å². The van der Waals surface area contributed by atoms with Crippen LogP contribution in [0.4, 0.5) is 52.7 Å². The Morgan fingerprint density at radius 2 is 0.675 bits per heavy atom. The minimum absolute atomic E-state index is 0.281. The molecule has 0 aliphatic carbocycles. The molecule has 0 amide bonds. The van der Waals surface area contributed by atoms with E-state index >= 15 is 13.2 Å². The fourth-order valence-electron chi connectivity index (χ4n) is 9.79. The molecule has 0 saturated carbocycles. The second-order valence-electron chi connectivity index (χ2n) is 20.2. The Morgan fingerprint density at radius 1 is 0.364 bits per heavy atom. The first kappa shape index (κ1) is 66.7. The van der Waals surface area contributed by atoms with Crippen LogP contribution in [0.3, 0.4) is 0 Å². The fraction of sp³-hybridized carbons (Fsp3) is 0.600. The van der Waals surface area contributed by atoms with Crippen molar-refractivity contribution in [1.29, 1.82) is 0 Å². The molecule has 0 saturated heterocycles. The van der Waals surface area contributed by atoms with Crippen molar-refractivity contribution in [1.82, 2.24) is 0 Å². The lowest BCUT2D eigenvalue weighted by atomic mass is 9.91. The van der Waals surface area contributed by atoms with Crippen LogP contribution in [-0.2, 0) is 0 Å². The Kier molecular flexibility index (Phi) is 32.4. The van der Waals surface area contributed by atoms with Gasteiger partial charge in [0.1, 0.15) is 23.3 Å². The minimum Gasteiger partial charge on any atom is -0.489 e. The van der Waals surface area contributed by atoms with Crippen LogP contribution in [-0.4, -0.2) is 31.4 Å². The first-order chi connectivity index (χ1) is 37.0. The van der Waals surface area contributed by atoms with E-state index in [1.807, 2.05) is 0 Å². The van der Waals surface area contributed by atoms with Gasteiger partial charge < -0.3 is 18.4 Å². The molecule has 0 spiro atoms. The van der Waals surface area contributed by atoms with Crippen molar-refractivity contribution in [2.24, 2.45) is 0 Å². The van der Waals surface area contributed by atoms with Crippen molar-refractivity contribution in [3.63, 3.8) is 0 Å². The van der Waals surface area contributed by atoms with Crippen LogP contribution in [0.15, 0.2) is 42.5 Å². The van der Waals surface area contributed by atoms with Crippen LogP contribution in [0.25, 0.3) is 0 Å². The van der Waals surface area contributed by atoms with E-state index in [2.05, 4.69) is 33.8 Å². The quantitative estimate of drug-likeness (QED) is 0.0111. The number of nitrogens with zero attached hydrogens (tertiary/aromatic N) is 1. The number of benzene rings is 4. The van der Waals surface area contributed by atoms with E-state index in [9.17, 15) is 39.5 Å². The van der Waals surface area contributed by atoms with Gasteiger partial charge >= 0.3 is 7.32 Å². The lowest BCUT2D eigenvalue weighted by Gasteiger charge is -2.46. The molecule has 0 fully saturated rings. The number of unbranched alkanes of at least 4 members (excludes halogenated alkanes) is 23. The average molecular weight is 1100 g/mol. The summed E-state index contributed by atoms with van der Waals surface area (Å²) in [5, 5.41) is 0. The Balaban J connectivity index is 0.00000156. The summed E-state index contributed by atoms with van der Waals surface area (Å²) in [7, 11) is -2.34. The third-order valence-corrected chi connectivity index (χ3v) is 14.1. The second kappa shape index (κ2) is 37.4. The monoisotopic (exact) mass is 1100 g/mol. The summed E-state index contributed by atoms with van der Waals surface area (Å²) in [4.78, 5) is 0. The standard InChI is InChI=1S/C54H80BF9NO3.C6H2F3/c1-5-9-13-17-21-22-23-24-28-32-48(65(33-29-25-18-14-10-6-2,34-30-26-19-15-11-7-3)35-31-27-20-16-12-8-4)50-49(40-47(60)53(63)54(50)64)68-55(66-41-36-43(56)51(61)44(57)37-41)67-42-38-45(58)52(62)46(59)39-42;7-4-2-1-3-5(8)6(4)9/h36-40,48H,5-35H2,1-4H3;2-3H/q+1;-1. The van der Waals surface area contributed by atoms with Gasteiger partial charge in [0, 0.05) is 48.4 Å². The molecule has 77 heavy (non-hydrogen) atoms. The number of quaternary nitrogens is 1. The van der Waals surface area contributed by atoms with E-state index < -0.39 is 100 Å². The van der Waals surface area contributed by atoms with Gasteiger partial charge in [-0.3, -0.25) is 8.78 Å². The molecule has 0 aromatic heterocycles. The molecular weight excluding hydrogens is 1020 g/mol. The molecule has 4 aromatic rings. The zero-order valence-electron chi connectivity index (χ0n) is 45.8. The molecule has 17 heteroatoms. The highest BCUT2D eigenvalue weighted by atomic mass is 19.2. The van der Waals surface area contributed by atoms with Gasteiger partial charge in [0.25, 0.3) is 0 Å². The molecule has 432 valence electrons. The van der Waals surface area contributed by atoms with Crippen LogP contribution in [0.1, 0.15) is 219 Å². The maximum atomic E-state index is 17.2. The van der Waals surface area contributed by atoms with Crippen molar-refractivity contribution in [3.05, 3.63) is 124 Å². The first-order valence-corrected chi connectivity index (χ1v) is 28.4. The molecule has 1 atom stereocenters. The summed E-state index contributed by atoms with van der Waals surface area (Å²) < 4.78 is 189. The van der Waals surface area contributed by atoms with Gasteiger partial charge in [0.15, 0.2) is 52.4 Å². The summed E-state index contributed by atoms with van der Waals surface area (Å²) in [5.74, 6) is -21.0. The van der Waals surface area contributed by atoms with Gasteiger partial charge in [-0.05, 0) is 44.9 Å². The molecule has 0 radical (unpaired) electrons. The van der Waals surface area contributed by atoms with Crippen LogP contribution < -0.4 is 14.0 Å². The fourth-order valence-corrected chi connectivity index (χ4v) is 9.79. The number of hydrogen-bond acceptors (Lipinski definition) is 3. The molecule has 0 aliphatic rings. The molecule has 0 bridgehead atoms. The summed E-state index contributed by atoms with van der Waals surface area (Å²) in [5.41, 5.74) is -0.281. The zero-order chi connectivity index (χ0) is 56.6. The molecule has 0 aliphatic heterocycles. The Morgan fingerprint density at radius 3 is 1.03 bits per heavy atom. The topological polar surface area (TPSA) is 27.7 Å². The zero-order valence-corrected chi connectivity index (χ0v) is 45.8. The molecule has 4 nitrogen and oxygen atoms in total. The highest BCUT2D eigenvalue weighted by Crippen LogP contribution is 2.44. The summed E-state index contributed by atoms with van der Waals surface area (Å²) in [6.07, 6.45) is 27.6. The Labute approximate surface area is 451 Å². The maximum Gasteiger partial charge on any atom is 0.864 e. The largest absolute Gasteiger partial charge is 0.864 e. The summed E-state index contributed by atoms with van der Waals surface area (Å²) >= 11 is 0. The van der Waals surface area contributed by atoms with Crippen molar-refractivity contribution in [2.45, 2.75) is 214 Å². The minimum atomic E-state index is -2.34. The number of rotatable bonds is 39. The number of halogens is 12. The maximum absolute atomic E-state index is 17.2. The van der Waals surface area contributed by atoms with E-state index in [-0.39, 0.29) is 5.56 Å². The van der Waals surface area contributed by atoms with Crippen LogP contribution >= 0.6 is 0 Å². The van der Waals surface area contributed by atoms with E-state index in [4.69, 9.17) is 14.0 Å². The van der Waals surface area contributed by atoms with Gasteiger partial charge in [-0.15, -0.1) is 12.1 Å². The third kappa shape index (κ3) is 23.4. The van der Waals surface area contributed by atoms with Crippen molar-refractivity contribution < 1.29 is 71.1 Å². The van der Waals surface area contributed by atoms with Gasteiger partial charge in [-0.25, -0.2) is 43.9 Å². The molecule has 0 N–H and O–H groups in total.